The fourth-order valence-electron chi connectivity index (χ4n) is 1.38. The average Bonchev–Trinajstić information content (AvgIpc) is 2.65. The van der Waals surface area contributed by atoms with Crippen LogP contribution < -0.4 is 5.32 Å². The first-order valence-corrected chi connectivity index (χ1v) is 5.11. The van der Waals surface area contributed by atoms with Gasteiger partial charge >= 0.3 is 11.8 Å². The number of methoxy groups -OCH3 is 1. The molecule has 9 heteroatoms. The molecule has 0 fully saturated rings. The maximum Gasteiger partial charge on any atom is 0.406 e. The lowest BCUT2D eigenvalue weighted by atomic mass is 10.2. The summed E-state index contributed by atoms with van der Waals surface area (Å²) in [4.78, 5) is 24.6. The number of rotatable bonds is 7. The first-order chi connectivity index (χ1) is 8.47. The van der Waals surface area contributed by atoms with Crippen molar-refractivity contribution >= 4 is 17.6 Å². The van der Waals surface area contributed by atoms with Crippen molar-refractivity contribution in [3.05, 3.63) is 16.4 Å². The van der Waals surface area contributed by atoms with E-state index in [1.165, 1.54) is 25.1 Å². The fraction of sp³-hybridized carbons (Fsp3) is 0.556. The Kier molecular flexibility index (Phi) is 4.60. The van der Waals surface area contributed by atoms with Crippen LogP contribution in [0.1, 0.15) is 6.42 Å². The number of nitro groups is 1. The predicted molar refractivity (Wildman–Crippen MR) is 61.4 cm³/mol. The molecule has 9 nitrogen and oxygen atoms in total. The summed E-state index contributed by atoms with van der Waals surface area (Å²) in [5, 5.41) is 22.3. The first-order valence-electron chi connectivity index (χ1n) is 5.11. The first kappa shape index (κ1) is 13.9. The molecule has 1 atom stereocenters. The number of nitrogens with one attached hydrogen (secondary N) is 1. The van der Waals surface area contributed by atoms with Gasteiger partial charge in [-0.3, -0.25) is 4.57 Å². The second-order valence-corrected chi connectivity index (χ2v) is 3.60. The molecule has 0 bridgehead atoms. The molecule has 1 rings (SSSR count). The second kappa shape index (κ2) is 5.96. The third kappa shape index (κ3) is 3.17. The van der Waals surface area contributed by atoms with Crippen LogP contribution in [0.25, 0.3) is 0 Å². The lowest BCUT2D eigenvalue weighted by Gasteiger charge is -2.14. The fourth-order valence-corrected chi connectivity index (χ4v) is 1.38. The number of imidazole rings is 1. The van der Waals surface area contributed by atoms with Crippen LogP contribution in [0.5, 0.6) is 0 Å². The van der Waals surface area contributed by atoms with E-state index >= 15 is 0 Å². The lowest BCUT2D eigenvalue weighted by molar-refractivity contribution is -0.388. The smallest absolute Gasteiger partial charge is 0.406 e. The molecule has 0 saturated heterocycles. The molecule has 0 aromatic carbocycles. The van der Waals surface area contributed by atoms with Crippen molar-refractivity contribution < 1.29 is 19.6 Å². The number of ether oxygens (including phenoxy) is 1. The molecule has 2 N–H and O–H groups in total. The van der Waals surface area contributed by atoms with Gasteiger partial charge in [-0.1, -0.05) is 0 Å². The van der Waals surface area contributed by atoms with E-state index < -0.39 is 22.8 Å². The van der Waals surface area contributed by atoms with Crippen molar-refractivity contribution in [2.45, 2.75) is 12.5 Å². The highest BCUT2D eigenvalue weighted by molar-refractivity contribution is 5.77. The Balaban J connectivity index is 2.89. The minimum Gasteiger partial charge on any atom is -0.480 e. The number of hydrogen-bond acceptors (Lipinski definition) is 6. The average molecular weight is 258 g/mol. The maximum atomic E-state index is 11.0. The molecule has 0 aliphatic carbocycles. The summed E-state index contributed by atoms with van der Waals surface area (Å²) in [7, 11) is 2.99. The summed E-state index contributed by atoms with van der Waals surface area (Å²) >= 11 is 0. The Morgan fingerprint density at radius 1 is 1.78 bits per heavy atom. The molecule has 0 amide bonds. The van der Waals surface area contributed by atoms with E-state index in [1.54, 1.807) is 0 Å². The van der Waals surface area contributed by atoms with Crippen molar-refractivity contribution in [2.24, 2.45) is 7.05 Å². The number of anilines is 1. The van der Waals surface area contributed by atoms with E-state index in [4.69, 9.17) is 9.84 Å². The van der Waals surface area contributed by atoms with E-state index in [9.17, 15) is 14.9 Å². The van der Waals surface area contributed by atoms with Gasteiger partial charge in [0.25, 0.3) is 0 Å². The van der Waals surface area contributed by atoms with Gasteiger partial charge < -0.3 is 25.3 Å². The standard InChI is InChI=1S/C9H14N4O5/c1-12-5-10-7(13(16)17)8(12)11-6(9(14)15)3-4-18-2/h5-6,11H,3-4H2,1-2H3,(H,14,15). The highest BCUT2D eigenvalue weighted by Crippen LogP contribution is 2.22. The van der Waals surface area contributed by atoms with Gasteiger partial charge in [0.15, 0.2) is 0 Å². The topological polar surface area (TPSA) is 120 Å². The summed E-state index contributed by atoms with van der Waals surface area (Å²) in [5.41, 5.74) is 0. The molecule has 0 aliphatic rings. The Bertz CT molecular complexity index is 444. The number of hydrogen-bond donors (Lipinski definition) is 2. The molecule has 1 aromatic rings. The van der Waals surface area contributed by atoms with E-state index in [0.717, 1.165) is 0 Å². The number of carboxylic acids is 1. The largest absolute Gasteiger partial charge is 0.480 e. The predicted octanol–water partition coefficient (Wildman–Crippen LogP) is 0.230. The highest BCUT2D eigenvalue weighted by atomic mass is 16.6. The van der Waals surface area contributed by atoms with E-state index in [2.05, 4.69) is 10.3 Å². The lowest BCUT2D eigenvalue weighted by Crippen LogP contribution is -2.31. The van der Waals surface area contributed by atoms with Crippen LogP contribution in [0, 0.1) is 10.1 Å². The quantitative estimate of drug-likeness (QED) is 0.530. The van der Waals surface area contributed by atoms with Gasteiger partial charge in [-0.15, -0.1) is 0 Å². The van der Waals surface area contributed by atoms with Gasteiger partial charge in [-0.2, -0.15) is 0 Å². The Hall–Kier alpha value is -2.16. The zero-order valence-corrected chi connectivity index (χ0v) is 9.99. The van der Waals surface area contributed by atoms with E-state index in [0.29, 0.717) is 0 Å². The normalized spacial score (nSPS) is 12.1. The van der Waals surface area contributed by atoms with Gasteiger partial charge in [0, 0.05) is 27.2 Å². The molecule has 18 heavy (non-hydrogen) atoms. The van der Waals surface area contributed by atoms with Crippen LogP contribution in [0.3, 0.4) is 0 Å². The maximum absolute atomic E-state index is 11.0. The van der Waals surface area contributed by atoms with Crippen LogP contribution >= 0.6 is 0 Å². The number of aromatic nitrogens is 2. The van der Waals surface area contributed by atoms with Crippen LogP contribution in [-0.4, -0.2) is 45.3 Å². The molecule has 0 saturated carbocycles. The molecule has 0 radical (unpaired) electrons. The monoisotopic (exact) mass is 258 g/mol. The van der Waals surface area contributed by atoms with Crippen LogP contribution in [-0.2, 0) is 16.6 Å². The van der Waals surface area contributed by atoms with Crippen molar-refractivity contribution in [1.29, 1.82) is 0 Å². The van der Waals surface area contributed by atoms with Crippen molar-refractivity contribution in [3.8, 4) is 0 Å². The van der Waals surface area contributed by atoms with E-state index in [1.807, 2.05) is 0 Å². The molecule has 0 aliphatic heterocycles. The third-order valence-corrected chi connectivity index (χ3v) is 2.31. The Labute approximate surface area is 103 Å². The minimum atomic E-state index is -1.11. The van der Waals surface area contributed by atoms with Gasteiger partial charge in [0.05, 0.1) is 0 Å². The summed E-state index contributed by atoms with van der Waals surface area (Å²) in [5.74, 6) is -1.45. The number of carbonyl (C=O) groups is 1. The van der Waals surface area contributed by atoms with E-state index in [-0.39, 0.29) is 18.8 Å². The van der Waals surface area contributed by atoms with Crippen LogP contribution in [0.4, 0.5) is 11.6 Å². The van der Waals surface area contributed by atoms with Crippen LogP contribution in [0.2, 0.25) is 0 Å². The molecule has 1 unspecified atom stereocenters. The van der Waals surface area contributed by atoms with Gasteiger partial charge in [0.1, 0.15) is 6.04 Å². The summed E-state index contributed by atoms with van der Waals surface area (Å²) in [6, 6.07) is -0.973. The molecule has 0 spiro atoms. The minimum absolute atomic E-state index is 0.0588. The SMILES string of the molecule is COCCC(Nc1c([N+](=O)[O-])ncn1C)C(=O)O. The second-order valence-electron chi connectivity index (χ2n) is 3.60. The zero-order chi connectivity index (χ0) is 13.7. The Morgan fingerprint density at radius 2 is 2.44 bits per heavy atom. The molecule has 1 heterocycles. The summed E-state index contributed by atoms with van der Waals surface area (Å²) in [6.45, 7) is 0.232. The van der Waals surface area contributed by atoms with Gasteiger partial charge in [-0.25, -0.2) is 4.79 Å². The number of aryl methyl sites for hydroxylation is 1. The number of nitrogens with zero attached hydrogens (tertiary/aromatic N) is 3. The Morgan fingerprint density at radius 3 is 2.94 bits per heavy atom. The highest BCUT2D eigenvalue weighted by Gasteiger charge is 2.25. The molecule has 1 aromatic heterocycles. The number of carboxylic acid groups (broad SMARTS) is 1. The zero-order valence-electron chi connectivity index (χ0n) is 9.99. The van der Waals surface area contributed by atoms with Gasteiger partial charge in [-0.05, 0) is 9.91 Å². The summed E-state index contributed by atoms with van der Waals surface area (Å²) < 4.78 is 6.15. The third-order valence-electron chi connectivity index (χ3n) is 2.31. The van der Waals surface area contributed by atoms with Crippen molar-refractivity contribution in [2.75, 3.05) is 19.0 Å². The molecule has 100 valence electrons. The summed E-state index contributed by atoms with van der Waals surface area (Å²) in [6.07, 6.45) is 1.43. The van der Waals surface area contributed by atoms with Gasteiger partial charge in [0.2, 0.25) is 12.1 Å². The molecular weight excluding hydrogens is 244 g/mol. The number of aliphatic carboxylic acids is 1. The van der Waals surface area contributed by atoms with Crippen molar-refractivity contribution in [1.82, 2.24) is 9.55 Å². The van der Waals surface area contributed by atoms with Crippen molar-refractivity contribution in [3.63, 3.8) is 0 Å². The van der Waals surface area contributed by atoms with Crippen LogP contribution in [0.15, 0.2) is 6.33 Å². The molecular formula is C9H14N4O5.